The highest BCUT2D eigenvalue weighted by Crippen LogP contribution is 2.25. The number of aliphatic hydroxyl groups is 1. The quantitative estimate of drug-likeness (QED) is 0.841. The first-order valence-electron chi connectivity index (χ1n) is 7.92. The third kappa shape index (κ3) is 4.43. The summed E-state index contributed by atoms with van der Waals surface area (Å²) in [7, 11) is 2.16. The van der Waals surface area contributed by atoms with Gasteiger partial charge in [0.05, 0.1) is 0 Å². The van der Waals surface area contributed by atoms with E-state index in [2.05, 4.69) is 16.8 Å². The van der Waals surface area contributed by atoms with Crippen LogP contribution in [0, 0.1) is 6.92 Å². The van der Waals surface area contributed by atoms with E-state index in [1.807, 2.05) is 25.1 Å². The first-order chi connectivity index (χ1) is 10.1. The molecule has 1 aliphatic heterocycles. The van der Waals surface area contributed by atoms with Crippen LogP contribution in [0.4, 0.5) is 0 Å². The van der Waals surface area contributed by atoms with Gasteiger partial charge in [-0.1, -0.05) is 18.2 Å². The van der Waals surface area contributed by atoms with Crippen molar-refractivity contribution in [2.45, 2.75) is 38.8 Å². The minimum atomic E-state index is 0.274. The van der Waals surface area contributed by atoms with E-state index in [1.165, 1.54) is 0 Å². The number of aromatic hydroxyl groups is 1. The van der Waals surface area contributed by atoms with E-state index in [0.717, 1.165) is 56.6 Å². The number of phenolic OH excluding ortho intramolecular Hbond substituents is 1. The maximum Gasteiger partial charge on any atom is 0.122 e. The van der Waals surface area contributed by atoms with Crippen LogP contribution >= 0.6 is 0 Å². The summed E-state index contributed by atoms with van der Waals surface area (Å²) in [5.74, 6) is 0.444. The minimum absolute atomic E-state index is 0.274. The maximum atomic E-state index is 10.1. The zero-order valence-electron chi connectivity index (χ0n) is 13.3. The van der Waals surface area contributed by atoms with Crippen LogP contribution in [-0.2, 0) is 6.54 Å². The van der Waals surface area contributed by atoms with E-state index in [1.54, 1.807) is 0 Å². The molecule has 0 unspecified atom stereocenters. The van der Waals surface area contributed by atoms with Crippen LogP contribution in [0.2, 0.25) is 0 Å². The lowest BCUT2D eigenvalue weighted by atomic mass is 10.0. The monoisotopic (exact) mass is 292 g/mol. The standard InChI is InChI=1S/C17H28N2O2/c1-14-5-3-6-15(17(14)21)13-19-10-7-16(8-11-19)18(2)9-4-12-20/h3,5-6,16,20-21H,4,7-13H2,1-2H3. The van der Waals surface area contributed by atoms with Gasteiger partial charge in [0.2, 0.25) is 0 Å². The van der Waals surface area contributed by atoms with Crippen molar-refractivity contribution in [2.24, 2.45) is 0 Å². The SMILES string of the molecule is Cc1cccc(CN2CCC(N(C)CCCO)CC2)c1O. The van der Waals surface area contributed by atoms with Gasteiger partial charge in [-0.25, -0.2) is 0 Å². The third-order valence-corrected chi connectivity index (χ3v) is 4.56. The number of aliphatic hydroxyl groups excluding tert-OH is 1. The molecule has 1 heterocycles. The molecule has 0 radical (unpaired) electrons. The van der Waals surface area contributed by atoms with Crippen LogP contribution in [0.3, 0.4) is 0 Å². The fourth-order valence-electron chi connectivity index (χ4n) is 3.11. The van der Waals surface area contributed by atoms with Gasteiger partial charge in [0, 0.05) is 31.3 Å². The van der Waals surface area contributed by atoms with Crippen molar-refractivity contribution in [3.8, 4) is 5.75 Å². The Morgan fingerprint density at radius 3 is 2.67 bits per heavy atom. The molecule has 1 aromatic carbocycles. The molecule has 0 bridgehead atoms. The second-order valence-electron chi connectivity index (χ2n) is 6.15. The Labute approximate surface area is 128 Å². The molecular formula is C17H28N2O2. The Hall–Kier alpha value is -1.10. The fraction of sp³-hybridized carbons (Fsp3) is 0.647. The smallest absolute Gasteiger partial charge is 0.122 e. The van der Waals surface area contributed by atoms with Gasteiger partial charge < -0.3 is 15.1 Å². The van der Waals surface area contributed by atoms with Gasteiger partial charge in [-0.05, 0) is 51.9 Å². The summed E-state index contributed by atoms with van der Waals surface area (Å²) in [5, 5.41) is 19.0. The molecule has 4 nitrogen and oxygen atoms in total. The number of rotatable bonds is 6. The summed E-state index contributed by atoms with van der Waals surface area (Å²) in [6.45, 7) is 6.17. The predicted octanol–water partition coefficient (Wildman–Crippen LogP) is 1.98. The first-order valence-corrected chi connectivity index (χ1v) is 7.92. The molecule has 2 rings (SSSR count). The number of phenols is 1. The molecule has 1 saturated heterocycles. The van der Waals surface area contributed by atoms with Crippen molar-refractivity contribution in [3.05, 3.63) is 29.3 Å². The van der Waals surface area contributed by atoms with E-state index < -0.39 is 0 Å². The summed E-state index contributed by atoms with van der Waals surface area (Å²) < 4.78 is 0. The Kier molecular flexibility index (Phi) is 6.03. The molecule has 0 saturated carbocycles. The topological polar surface area (TPSA) is 46.9 Å². The lowest BCUT2D eigenvalue weighted by Crippen LogP contribution is -2.43. The number of hydrogen-bond donors (Lipinski definition) is 2. The predicted molar refractivity (Wildman–Crippen MR) is 85.5 cm³/mol. The summed E-state index contributed by atoms with van der Waals surface area (Å²) in [5.41, 5.74) is 1.98. The summed E-state index contributed by atoms with van der Waals surface area (Å²) >= 11 is 0. The highest BCUT2D eigenvalue weighted by molar-refractivity contribution is 5.39. The van der Waals surface area contributed by atoms with Crippen molar-refractivity contribution < 1.29 is 10.2 Å². The summed E-state index contributed by atoms with van der Waals surface area (Å²) in [4.78, 5) is 4.79. The van der Waals surface area contributed by atoms with E-state index in [9.17, 15) is 5.11 Å². The number of piperidine rings is 1. The van der Waals surface area contributed by atoms with Gasteiger partial charge in [0.15, 0.2) is 0 Å². The van der Waals surface area contributed by atoms with Gasteiger partial charge >= 0.3 is 0 Å². The number of hydrogen-bond acceptors (Lipinski definition) is 4. The van der Waals surface area contributed by atoms with Gasteiger partial charge in [0.25, 0.3) is 0 Å². The number of likely N-dealkylation sites (tertiary alicyclic amines) is 1. The van der Waals surface area contributed by atoms with Crippen LogP contribution in [0.25, 0.3) is 0 Å². The molecule has 4 heteroatoms. The van der Waals surface area contributed by atoms with Crippen molar-refractivity contribution in [3.63, 3.8) is 0 Å². The summed E-state index contributed by atoms with van der Waals surface area (Å²) in [6.07, 6.45) is 3.18. The van der Waals surface area contributed by atoms with Crippen LogP contribution in [0.15, 0.2) is 18.2 Å². The second kappa shape index (κ2) is 7.78. The first kappa shape index (κ1) is 16.3. The Morgan fingerprint density at radius 1 is 1.29 bits per heavy atom. The second-order valence-corrected chi connectivity index (χ2v) is 6.15. The molecule has 1 aromatic rings. The van der Waals surface area contributed by atoms with Crippen molar-refractivity contribution >= 4 is 0 Å². The molecule has 1 aliphatic rings. The fourth-order valence-corrected chi connectivity index (χ4v) is 3.11. The van der Waals surface area contributed by atoms with E-state index >= 15 is 0 Å². The van der Waals surface area contributed by atoms with Gasteiger partial charge in [-0.2, -0.15) is 0 Å². The Morgan fingerprint density at radius 2 is 2.00 bits per heavy atom. The lowest BCUT2D eigenvalue weighted by molar-refractivity contribution is 0.117. The van der Waals surface area contributed by atoms with Crippen LogP contribution in [-0.4, -0.2) is 59.3 Å². The van der Waals surface area contributed by atoms with E-state index in [0.29, 0.717) is 11.8 Å². The van der Waals surface area contributed by atoms with Gasteiger partial charge in [0.1, 0.15) is 5.75 Å². The molecular weight excluding hydrogens is 264 g/mol. The molecule has 0 spiro atoms. The largest absolute Gasteiger partial charge is 0.507 e. The van der Waals surface area contributed by atoms with E-state index in [-0.39, 0.29) is 6.61 Å². The third-order valence-electron chi connectivity index (χ3n) is 4.56. The minimum Gasteiger partial charge on any atom is -0.507 e. The number of aryl methyl sites for hydroxylation is 1. The zero-order valence-corrected chi connectivity index (χ0v) is 13.3. The van der Waals surface area contributed by atoms with Crippen LogP contribution < -0.4 is 0 Å². The normalized spacial score (nSPS) is 17.5. The maximum absolute atomic E-state index is 10.1. The van der Waals surface area contributed by atoms with Gasteiger partial charge in [-0.3, -0.25) is 4.90 Å². The molecule has 0 atom stereocenters. The van der Waals surface area contributed by atoms with Crippen molar-refractivity contribution in [1.29, 1.82) is 0 Å². The lowest BCUT2D eigenvalue weighted by Gasteiger charge is -2.36. The number of para-hydroxylation sites is 1. The average molecular weight is 292 g/mol. The summed E-state index contributed by atoms with van der Waals surface area (Å²) in [6, 6.07) is 6.60. The Bertz CT molecular complexity index is 442. The molecule has 1 fully saturated rings. The van der Waals surface area contributed by atoms with Gasteiger partial charge in [-0.15, -0.1) is 0 Å². The zero-order chi connectivity index (χ0) is 15.2. The van der Waals surface area contributed by atoms with Crippen LogP contribution in [0.1, 0.15) is 30.4 Å². The van der Waals surface area contributed by atoms with E-state index in [4.69, 9.17) is 5.11 Å². The van der Waals surface area contributed by atoms with Crippen LogP contribution in [0.5, 0.6) is 5.75 Å². The molecule has 2 N–H and O–H groups in total. The molecule has 118 valence electrons. The molecule has 0 aliphatic carbocycles. The van der Waals surface area contributed by atoms with Crippen molar-refractivity contribution in [2.75, 3.05) is 33.3 Å². The van der Waals surface area contributed by atoms with Crippen molar-refractivity contribution in [1.82, 2.24) is 9.80 Å². The average Bonchev–Trinajstić information content (AvgIpc) is 2.50. The number of benzene rings is 1. The Balaban J connectivity index is 1.83. The highest BCUT2D eigenvalue weighted by Gasteiger charge is 2.22. The highest BCUT2D eigenvalue weighted by atomic mass is 16.3. The molecule has 0 aromatic heterocycles. The molecule has 0 amide bonds. The number of nitrogens with zero attached hydrogens (tertiary/aromatic N) is 2. The molecule has 21 heavy (non-hydrogen) atoms.